The van der Waals surface area contributed by atoms with Gasteiger partial charge in [0.25, 0.3) is 0 Å². The summed E-state index contributed by atoms with van der Waals surface area (Å²) in [6.45, 7) is 14.1. The molecule has 0 spiro atoms. The summed E-state index contributed by atoms with van der Waals surface area (Å²) >= 11 is 0. The second-order valence-corrected chi connectivity index (χ2v) is 32.9. The lowest BCUT2D eigenvalue weighted by Gasteiger charge is -2.21. The van der Waals surface area contributed by atoms with Gasteiger partial charge in [-0.2, -0.15) is 0 Å². The van der Waals surface area contributed by atoms with Gasteiger partial charge in [-0.05, 0) is 49.4 Å². The predicted octanol–water partition coefficient (Wildman–Crippen LogP) is 22.8. The molecule has 3 unspecified atom stereocenters. The molecular formula is C78H152O17P2. The van der Waals surface area contributed by atoms with Crippen molar-refractivity contribution in [2.24, 2.45) is 23.7 Å². The number of carbonyl (C=O) groups is 4. The van der Waals surface area contributed by atoms with Gasteiger partial charge in [-0.3, -0.25) is 37.3 Å². The Labute approximate surface area is 594 Å². The third-order valence-corrected chi connectivity index (χ3v) is 20.0. The maximum Gasteiger partial charge on any atom is 0.472 e. The highest BCUT2D eigenvalue weighted by atomic mass is 31.2. The van der Waals surface area contributed by atoms with Gasteiger partial charge in [-0.25, -0.2) is 9.13 Å². The topological polar surface area (TPSA) is 237 Å². The van der Waals surface area contributed by atoms with Crippen LogP contribution in [0.3, 0.4) is 0 Å². The molecule has 5 atom stereocenters. The number of unbranched alkanes of at least 4 members (excludes halogenated alkanes) is 41. The molecule has 0 amide bonds. The van der Waals surface area contributed by atoms with Crippen LogP contribution < -0.4 is 0 Å². The lowest BCUT2D eigenvalue weighted by molar-refractivity contribution is -0.161. The summed E-state index contributed by atoms with van der Waals surface area (Å²) in [5, 5.41) is 10.6. The molecule has 0 rings (SSSR count). The summed E-state index contributed by atoms with van der Waals surface area (Å²) in [4.78, 5) is 72.8. The average Bonchev–Trinajstić information content (AvgIpc) is 1.04. The van der Waals surface area contributed by atoms with Crippen LogP contribution in [-0.2, 0) is 65.4 Å². The maximum absolute atomic E-state index is 13.1. The molecule has 0 aliphatic rings. The monoisotopic (exact) mass is 1420 g/mol. The first-order chi connectivity index (χ1) is 46.6. The maximum atomic E-state index is 13.1. The highest BCUT2D eigenvalue weighted by Crippen LogP contribution is 2.45. The van der Waals surface area contributed by atoms with E-state index in [1.165, 1.54) is 186 Å². The zero-order chi connectivity index (χ0) is 71.7. The van der Waals surface area contributed by atoms with Gasteiger partial charge in [0.2, 0.25) is 0 Å². The zero-order valence-corrected chi connectivity index (χ0v) is 65.5. The van der Waals surface area contributed by atoms with Gasteiger partial charge in [-0.1, -0.05) is 344 Å². The normalized spacial score (nSPS) is 14.1. The molecule has 0 aromatic heterocycles. The van der Waals surface area contributed by atoms with Crippen LogP contribution in [0, 0.1) is 23.7 Å². The highest BCUT2D eigenvalue weighted by molar-refractivity contribution is 7.47. The Kier molecular flexibility index (Phi) is 65.9. The molecule has 0 heterocycles. The van der Waals surface area contributed by atoms with E-state index in [2.05, 4.69) is 55.4 Å². The lowest BCUT2D eigenvalue weighted by Crippen LogP contribution is -2.30. The first-order valence-electron chi connectivity index (χ1n) is 40.2. The Morgan fingerprint density at radius 3 is 0.639 bits per heavy atom. The van der Waals surface area contributed by atoms with Crippen molar-refractivity contribution in [1.29, 1.82) is 0 Å². The van der Waals surface area contributed by atoms with Crippen molar-refractivity contribution in [1.82, 2.24) is 0 Å². The van der Waals surface area contributed by atoms with Crippen LogP contribution in [-0.4, -0.2) is 96.7 Å². The van der Waals surface area contributed by atoms with Crippen molar-refractivity contribution in [3.63, 3.8) is 0 Å². The standard InChI is InChI=1S/C78H152O17P2/c1-68(2)54-46-38-30-25-21-17-13-9-11-15-19-23-27-33-44-52-60-77(82)94-73(64-88-75(80)58-50-42-35-29-32-40-48-56-70(5)6)66-92-96(84,85)90-62-72(79)63-91-97(86,87)93-67-74(65-89-76(81)59-51-43-37-36-41-49-57-71(7)8)95-78(83)61-53-45-34-28-24-20-16-12-10-14-18-22-26-31-39-47-55-69(3)4/h68-74,79H,9-67H2,1-8H3,(H,84,85)(H,86,87)/t72?,73-,74-/m1/s1. The number of aliphatic hydroxyl groups excluding tert-OH is 1. The fourth-order valence-corrected chi connectivity index (χ4v) is 13.5. The predicted molar refractivity (Wildman–Crippen MR) is 395 cm³/mol. The second-order valence-electron chi connectivity index (χ2n) is 30.0. The summed E-state index contributed by atoms with van der Waals surface area (Å²) < 4.78 is 68.5. The van der Waals surface area contributed by atoms with Gasteiger partial charge in [-0.15, -0.1) is 0 Å². The summed E-state index contributed by atoms with van der Waals surface area (Å²) in [6.07, 6.45) is 53.1. The Morgan fingerprint density at radius 2 is 0.433 bits per heavy atom. The molecule has 0 aromatic carbocycles. The van der Waals surface area contributed by atoms with Gasteiger partial charge < -0.3 is 33.8 Å². The van der Waals surface area contributed by atoms with E-state index in [4.69, 9.17) is 37.0 Å². The minimum atomic E-state index is -4.96. The third kappa shape index (κ3) is 72.2. The molecule has 97 heavy (non-hydrogen) atoms. The number of rotatable bonds is 75. The molecule has 0 saturated heterocycles. The number of aliphatic hydroxyl groups is 1. The molecule has 17 nitrogen and oxygen atoms in total. The molecule has 0 aromatic rings. The molecule has 0 aliphatic carbocycles. The Balaban J connectivity index is 5.16. The average molecular weight is 1420 g/mol. The molecule has 576 valence electrons. The number of phosphoric ester groups is 2. The molecule has 0 fully saturated rings. The lowest BCUT2D eigenvalue weighted by atomic mass is 10.0. The van der Waals surface area contributed by atoms with Crippen LogP contribution in [0.25, 0.3) is 0 Å². The quantitative estimate of drug-likeness (QED) is 0.0222. The summed E-state index contributed by atoms with van der Waals surface area (Å²) in [7, 11) is -9.91. The number of hydrogen-bond acceptors (Lipinski definition) is 15. The molecule has 0 radical (unpaired) electrons. The van der Waals surface area contributed by atoms with Crippen LogP contribution in [0.5, 0.6) is 0 Å². The first-order valence-corrected chi connectivity index (χ1v) is 43.2. The summed E-state index contributed by atoms with van der Waals surface area (Å²) in [5.41, 5.74) is 0. The Bertz CT molecular complexity index is 1900. The molecule has 0 aliphatic heterocycles. The zero-order valence-electron chi connectivity index (χ0n) is 63.7. The van der Waals surface area contributed by atoms with E-state index >= 15 is 0 Å². The van der Waals surface area contributed by atoms with E-state index in [1.54, 1.807) is 0 Å². The van der Waals surface area contributed by atoms with Crippen molar-refractivity contribution in [2.75, 3.05) is 39.6 Å². The van der Waals surface area contributed by atoms with E-state index in [0.717, 1.165) is 115 Å². The second kappa shape index (κ2) is 67.2. The molecule has 0 bridgehead atoms. The largest absolute Gasteiger partial charge is 0.472 e. The Hall–Kier alpha value is -1.94. The van der Waals surface area contributed by atoms with E-state index in [1.807, 2.05) is 0 Å². The van der Waals surface area contributed by atoms with E-state index in [-0.39, 0.29) is 25.7 Å². The van der Waals surface area contributed by atoms with E-state index in [9.17, 15) is 43.2 Å². The molecule has 19 heteroatoms. The smallest absolute Gasteiger partial charge is 0.462 e. The van der Waals surface area contributed by atoms with Crippen molar-refractivity contribution < 1.29 is 80.2 Å². The van der Waals surface area contributed by atoms with Crippen molar-refractivity contribution in [2.45, 2.75) is 414 Å². The minimum Gasteiger partial charge on any atom is -0.462 e. The summed E-state index contributed by atoms with van der Waals surface area (Å²) in [6, 6.07) is 0. The fourth-order valence-electron chi connectivity index (χ4n) is 11.9. The minimum absolute atomic E-state index is 0.106. The molecule has 3 N–H and O–H groups in total. The van der Waals surface area contributed by atoms with Crippen LogP contribution in [0.4, 0.5) is 0 Å². The van der Waals surface area contributed by atoms with Crippen molar-refractivity contribution in [3.8, 4) is 0 Å². The number of carbonyl (C=O) groups excluding carboxylic acids is 4. The van der Waals surface area contributed by atoms with E-state index in [0.29, 0.717) is 37.5 Å². The van der Waals surface area contributed by atoms with Crippen LogP contribution in [0.15, 0.2) is 0 Å². The van der Waals surface area contributed by atoms with E-state index < -0.39 is 97.5 Å². The van der Waals surface area contributed by atoms with Gasteiger partial charge in [0.15, 0.2) is 12.2 Å². The van der Waals surface area contributed by atoms with Crippen molar-refractivity contribution >= 4 is 39.5 Å². The highest BCUT2D eigenvalue weighted by Gasteiger charge is 2.30. The Morgan fingerprint density at radius 1 is 0.258 bits per heavy atom. The molecular weight excluding hydrogens is 1270 g/mol. The van der Waals surface area contributed by atoms with Gasteiger partial charge in [0.1, 0.15) is 19.3 Å². The summed E-state index contributed by atoms with van der Waals surface area (Å²) in [5.74, 6) is 0.881. The SMILES string of the molecule is CC(C)CCCCCCCCCCCCCCCCCCC(=O)O[C@H](COC(=O)CCCCCCCCCC(C)C)COP(=O)(O)OCC(O)COP(=O)(O)OC[C@@H](COC(=O)CCCCCCCCC(C)C)OC(=O)CCCCCCCCCCCCCCCCCCC(C)C. The van der Waals surface area contributed by atoms with Crippen molar-refractivity contribution in [3.05, 3.63) is 0 Å². The van der Waals surface area contributed by atoms with Gasteiger partial charge in [0.05, 0.1) is 26.4 Å². The van der Waals surface area contributed by atoms with Gasteiger partial charge >= 0.3 is 39.5 Å². The molecule has 0 saturated carbocycles. The van der Waals surface area contributed by atoms with Crippen LogP contribution in [0.2, 0.25) is 0 Å². The van der Waals surface area contributed by atoms with Gasteiger partial charge in [0, 0.05) is 25.7 Å². The number of phosphoric acid groups is 2. The number of ether oxygens (including phenoxy) is 4. The number of esters is 4. The third-order valence-electron chi connectivity index (χ3n) is 18.1. The first kappa shape index (κ1) is 95.1. The van der Waals surface area contributed by atoms with Crippen LogP contribution in [0.1, 0.15) is 396 Å². The fraction of sp³-hybridized carbons (Fsp3) is 0.949. The number of hydrogen-bond donors (Lipinski definition) is 3. The van der Waals surface area contributed by atoms with Crippen LogP contribution >= 0.6 is 15.6 Å².